The van der Waals surface area contributed by atoms with E-state index in [-0.39, 0.29) is 24.3 Å². The molecule has 10 nitrogen and oxygen atoms in total. The van der Waals surface area contributed by atoms with Gasteiger partial charge in [0, 0.05) is 49.8 Å². The molecule has 3 aromatic rings. The van der Waals surface area contributed by atoms with Gasteiger partial charge >= 0.3 is 0 Å². The molecule has 0 atom stereocenters. The van der Waals surface area contributed by atoms with Gasteiger partial charge in [-0.25, -0.2) is 9.97 Å². The third-order valence-corrected chi connectivity index (χ3v) is 6.21. The zero-order valence-corrected chi connectivity index (χ0v) is 23.7. The average molecular weight is 566 g/mol. The first-order chi connectivity index (χ1) is 19.2. The highest BCUT2D eigenvalue weighted by Crippen LogP contribution is 2.34. The van der Waals surface area contributed by atoms with Crippen LogP contribution in [0.2, 0.25) is 5.02 Å². The topological polar surface area (TPSA) is 123 Å². The molecule has 0 aliphatic carbocycles. The first kappa shape index (κ1) is 30.3. The molecule has 2 aromatic carbocycles. The van der Waals surface area contributed by atoms with E-state index < -0.39 is 11.7 Å². The Labute approximate surface area is 238 Å². The lowest BCUT2D eigenvalue weighted by Gasteiger charge is -2.18. The molecule has 0 unspecified atom stereocenters. The third kappa shape index (κ3) is 7.87. The minimum absolute atomic E-state index is 0.212. The number of likely N-dealkylation sites (N-methyl/N-ethyl adjacent to an activating group) is 2. The van der Waals surface area contributed by atoms with Crippen LogP contribution in [0.3, 0.4) is 0 Å². The minimum Gasteiger partial charge on any atom is -0.496 e. The molecule has 1 heterocycles. The van der Waals surface area contributed by atoms with Gasteiger partial charge in [-0.15, -0.1) is 0 Å². The Morgan fingerprint density at radius 3 is 2.52 bits per heavy atom. The van der Waals surface area contributed by atoms with Gasteiger partial charge in [-0.3, -0.25) is 14.4 Å². The van der Waals surface area contributed by atoms with Crippen molar-refractivity contribution in [3.8, 4) is 11.5 Å². The highest BCUT2D eigenvalue weighted by atomic mass is 35.5. The number of rotatable bonds is 13. The van der Waals surface area contributed by atoms with E-state index in [0.29, 0.717) is 58.0 Å². The SMILES string of the molecule is C=CC(=O)Nc1cc(Cc2ncc(Cl)c(Cc3ccccc3C(=O)C(=O)NC)n2)c(OC)cc1OCCN(C)C. The summed E-state index contributed by atoms with van der Waals surface area (Å²) in [7, 11) is 6.82. The second-order valence-corrected chi connectivity index (χ2v) is 9.41. The molecule has 0 fully saturated rings. The number of hydrogen-bond donors (Lipinski definition) is 2. The van der Waals surface area contributed by atoms with Crippen molar-refractivity contribution in [2.75, 3.05) is 46.7 Å². The Balaban J connectivity index is 1.94. The summed E-state index contributed by atoms with van der Waals surface area (Å²) in [5, 5.41) is 5.46. The molecule has 0 radical (unpaired) electrons. The van der Waals surface area contributed by atoms with Crippen molar-refractivity contribution in [3.63, 3.8) is 0 Å². The van der Waals surface area contributed by atoms with Crippen LogP contribution in [0.15, 0.2) is 55.3 Å². The zero-order chi connectivity index (χ0) is 29.2. The number of ketones is 1. The van der Waals surface area contributed by atoms with Crippen LogP contribution in [0.1, 0.15) is 33.0 Å². The van der Waals surface area contributed by atoms with Gasteiger partial charge in [-0.05, 0) is 31.8 Å². The van der Waals surface area contributed by atoms with Crippen LogP contribution in [0.25, 0.3) is 0 Å². The van der Waals surface area contributed by atoms with E-state index in [2.05, 4.69) is 27.2 Å². The largest absolute Gasteiger partial charge is 0.496 e. The molecular weight excluding hydrogens is 534 g/mol. The van der Waals surface area contributed by atoms with E-state index >= 15 is 0 Å². The van der Waals surface area contributed by atoms with Gasteiger partial charge in [0.05, 0.1) is 23.5 Å². The monoisotopic (exact) mass is 565 g/mol. The molecule has 3 rings (SSSR count). The predicted molar refractivity (Wildman–Crippen MR) is 153 cm³/mol. The number of ether oxygens (including phenoxy) is 2. The number of nitrogens with one attached hydrogen (secondary N) is 2. The molecule has 2 N–H and O–H groups in total. The van der Waals surface area contributed by atoms with Crippen LogP contribution < -0.4 is 20.1 Å². The number of benzene rings is 2. The molecular formula is C29H32ClN5O5. The van der Waals surface area contributed by atoms with Crippen molar-refractivity contribution in [2.24, 2.45) is 0 Å². The number of aromatic nitrogens is 2. The van der Waals surface area contributed by atoms with Gasteiger partial charge in [-0.1, -0.05) is 42.4 Å². The number of anilines is 1. The van der Waals surface area contributed by atoms with Crippen LogP contribution >= 0.6 is 11.6 Å². The van der Waals surface area contributed by atoms with Crippen molar-refractivity contribution in [1.29, 1.82) is 0 Å². The number of Topliss-reactive ketones (excluding diaryl/α,β-unsaturated/α-hetero) is 1. The van der Waals surface area contributed by atoms with Crippen molar-refractivity contribution in [2.45, 2.75) is 12.8 Å². The maximum atomic E-state index is 12.6. The zero-order valence-electron chi connectivity index (χ0n) is 22.9. The molecule has 0 bridgehead atoms. The van der Waals surface area contributed by atoms with Crippen molar-refractivity contribution in [3.05, 3.63) is 88.5 Å². The number of amides is 2. The summed E-state index contributed by atoms with van der Waals surface area (Å²) in [4.78, 5) is 47.7. The lowest BCUT2D eigenvalue weighted by atomic mass is 9.99. The molecule has 0 saturated carbocycles. The van der Waals surface area contributed by atoms with E-state index in [4.69, 9.17) is 21.1 Å². The molecule has 0 aliphatic heterocycles. The second kappa shape index (κ2) is 14.2. The number of carbonyl (C=O) groups excluding carboxylic acids is 3. The number of halogens is 1. The molecule has 40 heavy (non-hydrogen) atoms. The average Bonchev–Trinajstić information content (AvgIpc) is 2.95. The standard InChI is InChI=1S/C29H32ClN5O5/c1-6-27(36)34-23-14-19(24(39-5)16-25(23)40-12-11-35(3)4)15-26-32-17-21(30)22(33-26)13-18-9-7-8-10-20(18)28(37)29(38)31-2/h6-10,14,16-17H,1,11-13,15H2,2-5H3,(H,31,38)(H,34,36). The quantitative estimate of drug-likeness (QED) is 0.184. The number of hydrogen-bond acceptors (Lipinski definition) is 8. The van der Waals surface area contributed by atoms with Gasteiger partial charge < -0.3 is 25.0 Å². The molecule has 1 aromatic heterocycles. The van der Waals surface area contributed by atoms with Crippen molar-refractivity contribution >= 4 is 34.9 Å². The smallest absolute Gasteiger partial charge is 0.292 e. The Kier molecular flexibility index (Phi) is 10.7. The minimum atomic E-state index is -0.706. The maximum absolute atomic E-state index is 12.6. The fraction of sp³-hybridized carbons (Fsp3) is 0.276. The molecule has 0 aliphatic rings. The molecule has 11 heteroatoms. The molecule has 0 spiro atoms. The number of carbonyl (C=O) groups is 3. The summed E-state index contributed by atoms with van der Waals surface area (Å²) in [5.41, 5.74) is 2.52. The summed E-state index contributed by atoms with van der Waals surface area (Å²) >= 11 is 6.43. The number of methoxy groups -OCH3 is 1. The molecule has 0 saturated heterocycles. The van der Waals surface area contributed by atoms with E-state index in [1.165, 1.54) is 19.3 Å². The second-order valence-electron chi connectivity index (χ2n) is 9.01. The Morgan fingerprint density at radius 2 is 1.85 bits per heavy atom. The van der Waals surface area contributed by atoms with E-state index in [1.54, 1.807) is 43.5 Å². The first-order valence-electron chi connectivity index (χ1n) is 12.4. The Bertz CT molecular complexity index is 1410. The number of nitrogens with zero attached hydrogens (tertiary/aromatic N) is 3. The third-order valence-electron chi connectivity index (χ3n) is 5.89. The van der Waals surface area contributed by atoms with Gasteiger partial charge in [0.15, 0.2) is 0 Å². The van der Waals surface area contributed by atoms with Crippen LogP contribution in [-0.2, 0) is 22.4 Å². The normalized spacial score (nSPS) is 10.7. The summed E-state index contributed by atoms with van der Waals surface area (Å²) in [5.74, 6) is -0.317. The highest BCUT2D eigenvalue weighted by Gasteiger charge is 2.20. The summed E-state index contributed by atoms with van der Waals surface area (Å²) in [6, 6.07) is 10.3. The fourth-order valence-corrected chi connectivity index (χ4v) is 3.97. The summed E-state index contributed by atoms with van der Waals surface area (Å²) < 4.78 is 11.5. The summed E-state index contributed by atoms with van der Waals surface area (Å²) in [6.07, 6.45) is 3.13. The Hall–Kier alpha value is -4.28. The van der Waals surface area contributed by atoms with Gasteiger partial charge in [0.1, 0.15) is 23.9 Å². The fourth-order valence-electron chi connectivity index (χ4n) is 3.81. The lowest BCUT2D eigenvalue weighted by molar-refractivity contribution is -0.116. The maximum Gasteiger partial charge on any atom is 0.292 e. The van der Waals surface area contributed by atoms with E-state index in [9.17, 15) is 14.4 Å². The van der Waals surface area contributed by atoms with Gasteiger partial charge in [0.25, 0.3) is 5.91 Å². The van der Waals surface area contributed by atoms with Crippen molar-refractivity contribution in [1.82, 2.24) is 20.2 Å². The van der Waals surface area contributed by atoms with Crippen LogP contribution in [0.5, 0.6) is 11.5 Å². The van der Waals surface area contributed by atoms with E-state index in [1.807, 2.05) is 19.0 Å². The first-order valence-corrected chi connectivity index (χ1v) is 12.8. The highest BCUT2D eigenvalue weighted by molar-refractivity contribution is 6.43. The van der Waals surface area contributed by atoms with E-state index in [0.717, 1.165) is 0 Å². The summed E-state index contributed by atoms with van der Waals surface area (Å²) in [6.45, 7) is 4.60. The Morgan fingerprint density at radius 1 is 1.10 bits per heavy atom. The lowest BCUT2D eigenvalue weighted by Crippen LogP contribution is -2.28. The van der Waals surface area contributed by atoms with Crippen molar-refractivity contribution < 1.29 is 23.9 Å². The van der Waals surface area contributed by atoms with Crippen LogP contribution in [-0.4, -0.2) is 73.9 Å². The van der Waals surface area contributed by atoms with Crippen LogP contribution in [0, 0.1) is 0 Å². The molecule has 210 valence electrons. The predicted octanol–water partition coefficient (Wildman–Crippen LogP) is 3.31. The van der Waals surface area contributed by atoms with Crippen LogP contribution in [0.4, 0.5) is 5.69 Å². The van der Waals surface area contributed by atoms with Gasteiger partial charge in [0.2, 0.25) is 11.7 Å². The van der Waals surface area contributed by atoms with Gasteiger partial charge in [-0.2, -0.15) is 0 Å². The molecule has 2 amide bonds.